The maximum absolute atomic E-state index is 13.2. The van der Waals surface area contributed by atoms with E-state index in [9.17, 15) is 32.3 Å². The molecule has 8 nitrogen and oxygen atoms in total. The highest BCUT2D eigenvalue weighted by molar-refractivity contribution is 6.21. The number of fused-ring (bicyclic) bond motifs is 1. The average Bonchev–Trinajstić information content (AvgIpc) is 3.13. The van der Waals surface area contributed by atoms with Crippen LogP contribution < -0.4 is 10.1 Å². The van der Waals surface area contributed by atoms with Gasteiger partial charge >= 0.3 is 12.1 Å². The lowest BCUT2D eigenvalue weighted by Crippen LogP contribution is -2.31. The third-order valence-corrected chi connectivity index (χ3v) is 5.85. The van der Waals surface area contributed by atoms with Gasteiger partial charge < -0.3 is 14.8 Å². The van der Waals surface area contributed by atoms with E-state index in [4.69, 9.17) is 9.47 Å². The molecular formula is C27H21F3N2O6. The fourth-order valence-corrected chi connectivity index (χ4v) is 3.83. The van der Waals surface area contributed by atoms with Crippen LogP contribution in [0, 0.1) is 0 Å². The highest BCUT2D eigenvalue weighted by atomic mass is 19.4. The van der Waals surface area contributed by atoms with Crippen molar-refractivity contribution in [2.24, 2.45) is 0 Å². The Bertz CT molecular complexity index is 1420. The van der Waals surface area contributed by atoms with Gasteiger partial charge in [0.15, 0.2) is 6.10 Å². The molecule has 0 saturated heterocycles. The van der Waals surface area contributed by atoms with E-state index in [1.54, 1.807) is 24.3 Å². The molecule has 0 saturated carbocycles. The first-order valence-corrected chi connectivity index (χ1v) is 11.3. The summed E-state index contributed by atoms with van der Waals surface area (Å²) in [7, 11) is 1.52. The third-order valence-electron chi connectivity index (χ3n) is 5.85. The van der Waals surface area contributed by atoms with Gasteiger partial charge in [0, 0.05) is 0 Å². The second-order valence-corrected chi connectivity index (χ2v) is 8.39. The minimum atomic E-state index is -4.70. The predicted molar refractivity (Wildman–Crippen MR) is 129 cm³/mol. The van der Waals surface area contributed by atoms with E-state index >= 15 is 0 Å². The number of amides is 3. The molecule has 1 aliphatic rings. The second kappa shape index (κ2) is 10.4. The summed E-state index contributed by atoms with van der Waals surface area (Å²) in [5.41, 5.74) is -0.846. The van der Waals surface area contributed by atoms with Crippen molar-refractivity contribution in [1.29, 1.82) is 0 Å². The number of benzene rings is 3. The number of hydrogen-bond donors (Lipinski definition) is 1. The molecule has 196 valence electrons. The summed E-state index contributed by atoms with van der Waals surface area (Å²) in [5, 5.41) is 2.11. The van der Waals surface area contributed by atoms with Crippen LogP contribution in [0.15, 0.2) is 66.7 Å². The minimum absolute atomic E-state index is 0.00540. The van der Waals surface area contributed by atoms with Crippen molar-refractivity contribution < 1.29 is 41.8 Å². The Balaban J connectivity index is 1.44. The summed E-state index contributed by atoms with van der Waals surface area (Å²) >= 11 is 0. The third kappa shape index (κ3) is 5.36. The second-order valence-electron chi connectivity index (χ2n) is 8.39. The van der Waals surface area contributed by atoms with Crippen molar-refractivity contribution in [3.05, 3.63) is 94.5 Å². The number of anilines is 1. The highest BCUT2D eigenvalue weighted by Gasteiger charge is 2.37. The van der Waals surface area contributed by atoms with Crippen LogP contribution in [0.1, 0.15) is 49.1 Å². The number of hydrogen-bond acceptors (Lipinski definition) is 6. The van der Waals surface area contributed by atoms with Gasteiger partial charge in [0.2, 0.25) is 0 Å². The van der Waals surface area contributed by atoms with Crippen molar-refractivity contribution in [2.45, 2.75) is 25.7 Å². The van der Waals surface area contributed by atoms with Crippen LogP contribution in [0.25, 0.3) is 0 Å². The van der Waals surface area contributed by atoms with Gasteiger partial charge in [0.25, 0.3) is 17.7 Å². The topological polar surface area (TPSA) is 102 Å². The maximum atomic E-state index is 13.2. The zero-order chi connectivity index (χ0) is 27.6. The molecule has 0 spiro atoms. The molecular weight excluding hydrogens is 505 g/mol. The first-order valence-electron chi connectivity index (χ1n) is 11.3. The zero-order valence-electron chi connectivity index (χ0n) is 20.2. The summed E-state index contributed by atoms with van der Waals surface area (Å²) in [4.78, 5) is 51.8. The predicted octanol–water partition coefficient (Wildman–Crippen LogP) is 4.69. The molecule has 3 amide bonds. The van der Waals surface area contributed by atoms with Crippen molar-refractivity contribution in [1.82, 2.24) is 4.90 Å². The number of carbonyl (C=O) groups excluding carboxylic acids is 4. The van der Waals surface area contributed by atoms with E-state index in [-0.39, 0.29) is 23.2 Å². The van der Waals surface area contributed by atoms with Gasteiger partial charge in [-0.25, -0.2) is 4.79 Å². The lowest BCUT2D eigenvalue weighted by molar-refractivity contribution is -0.137. The standard InChI is InChI=1S/C27H21F3N2O6/c1-15(23(33)31-22-6-4-3-5-21(22)27(28,29)30)38-26(36)17-9-12-19-20(13-17)25(35)32(24(19)34)14-16-7-10-18(37-2)11-8-16/h3-13,15H,14H2,1-2H3,(H,31,33). The van der Waals surface area contributed by atoms with E-state index in [2.05, 4.69) is 5.32 Å². The highest BCUT2D eigenvalue weighted by Crippen LogP contribution is 2.34. The lowest BCUT2D eigenvalue weighted by atomic mass is 10.1. The molecule has 1 N–H and O–H groups in total. The molecule has 1 unspecified atom stereocenters. The number of nitrogens with zero attached hydrogens (tertiary/aromatic N) is 1. The van der Waals surface area contributed by atoms with Gasteiger partial charge in [-0.3, -0.25) is 19.3 Å². The Morgan fingerprint density at radius 2 is 1.61 bits per heavy atom. The van der Waals surface area contributed by atoms with Crippen LogP contribution in [-0.4, -0.2) is 41.8 Å². The fourth-order valence-electron chi connectivity index (χ4n) is 3.83. The Morgan fingerprint density at radius 1 is 0.947 bits per heavy atom. The molecule has 3 aromatic rings. The van der Waals surface area contributed by atoms with Crippen LogP contribution >= 0.6 is 0 Å². The molecule has 1 aliphatic heterocycles. The molecule has 0 aliphatic carbocycles. The molecule has 0 fully saturated rings. The Morgan fingerprint density at radius 3 is 2.26 bits per heavy atom. The average molecular weight is 526 g/mol. The van der Waals surface area contributed by atoms with Gasteiger partial charge in [-0.05, 0) is 55.0 Å². The van der Waals surface area contributed by atoms with Crippen molar-refractivity contribution in [3.63, 3.8) is 0 Å². The molecule has 1 heterocycles. The normalized spacial score (nSPS) is 13.7. The number of halogens is 3. The quantitative estimate of drug-likeness (QED) is 0.354. The first-order chi connectivity index (χ1) is 18.0. The monoisotopic (exact) mass is 526 g/mol. The van der Waals surface area contributed by atoms with Gasteiger partial charge in [0.05, 0.1) is 41.6 Å². The summed E-state index contributed by atoms with van der Waals surface area (Å²) in [6, 6.07) is 15.0. The Hall–Kier alpha value is -4.67. The summed E-state index contributed by atoms with van der Waals surface area (Å²) in [6.07, 6.45) is -6.15. The largest absolute Gasteiger partial charge is 0.497 e. The van der Waals surface area contributed by atoms with E-state index in [1.165, 1.54) is 44.4 Å². The molecule has 0 aromatic heterocycles. The number of carbonyl (C=O) groups is 4. The van der Waals surface area contributed by atoms with Crippen LogP contribution in [0.2, 0.25) is 0 Å². The lowest BCUT2D eigenvalue weighted by Gasteiger charge is -2.17. The van der Waals surface area contributed by atoms with Gasteiger partial charge in [0.1, 0.15) is 5.75 Å². The van der Waals surface area contributed by atoms with Gasteiger partial charge in [-0.1, -0.05) is 24.3 Å². The van der Waals surface area contributed by atoms with Crippen molar-refractivity contribution in [3.8, 4) is 5.75 Å². The number of esters is 1. The minimum Gasteiger partial charge on any atom is -0.497 e. The van der Waals surface area contributed by atoms with E-state index in [0.29, 0.717) is 11.3 Å². The number of methoxy groups -OCH3 is 1. The number of alkyl halides is 3. The van der Waals surface area contributed by atoms with Crippen LogP contribution in [0.4, 0.5) is 18.9 Å². The number of rotatable bonds is 7. The number of ether oxygens (including phenoxy) is 2. The number of nitrogens with one attached hydrogen (secondary N) is 1. The molecule has 0 bridgehead atoms. The summed E-state index contributed by atoms with van der Waals surface area (Å²) in [5.74, 6) is -2.49. The summed E-state index contributed by atoms with van der Waals surface area (Å²) < 4.78 is 49.8. The fraction of sp³-hybridized carbons (Fsp3) is 0.185. The summed E-state index contributed by atoms with van der Waals surface area (Å²) in [6.45, 7) is 1.20. The van der Waals surface area contributed by atoms with Gasteiger partial charge in [-0.2, -0.15) is 13.2 Å². The molecule has 11 heteroatoms. The molecule has 1 atom stereocenters. The molecule has 4 rings (SSSR count). The number of imide groups is 1. The number of para-hydroxylation sites is 1. The smallest absolute Gasteiger partial charge is 0.418 e. The molecule has 3 aromatic carbocycles. The Kier molecular flexibility index (Phi) is 7.20. The van der Waals surface area contributed by atoms with Crippen LogP contribution in [0.3, 0.4) is 0 Å². The first kappa shape index (κ1) is 26.4. The zero-order valence-corrected chi connectivity index (χ0v) is 20.2. The van der Waals surface area contributed by atoms with Gasteiger partial charge in [-0.15, -0.1) is 0 Å². The van der Waals surface area contributed by atoms with Crippen molar-refractivity contribution >= 4 is 29.4 Å². The SMILES string of the molecule is COc1ccc(CN2C(=O)c3ccc(C(=O)OC(C)C(=O)Nc4ccccc4C(F)(F)F)cc3C2=O)cc1. The van der Waals surface area contributed by atoms with E-state index in [0.717, 1.165) is 17.0 Å². The molecule has 0 radical (unpaired) electrons. The van der Waals surface area contributed by atoms with E-state index < -0.39 is 47.2 Å². The van der Waals surface area contributed by atoms with Crippen LogP contribution in [-0.2, 0) is 22.3 Å². The maximum Gasteiger partial charge on any atom is 0.418 e. The van der Waals surface area contributed by atoms with Crippen molar-refractivity contribution in [2.75, 3.05) is 12.4 Å². The van der Waals surface area contributed by atoms with Crippen LogP contribution in [0.5, 0.6) is 5.75 Å². The molecule has 38 heavy (non-hydrogen) atoms. The Labute approximate surface area is 215 Å². The van der Waals surface area contributed by atoms with E-state index in [1.807, 2.05) is 0 Å².